The molecule has 0 N–H and O–H groups in total. The van der Waals surface area contributed by atoms with Crippen molar-refractivity contribution in [3.05, 3.63) is 0 Å². The molecule has 0 aliphatic rings. The molecule has 0 saturated carbocycles. The lowest BCUT2D eigenvalue weighted by Crippen LogP contribution is -2.25. The zero-order valence-corrected chi connectivity index (χ0v) is 11.1. The lowest BCUT2D eigenvalue weighted by atomic mass is 9.87. The summed E-state index contributed by atoms with van der Waals surface area (Å²) in [5, 5.41) is -0.279. The van der Waals surface area contributed by atoms with Crippen LogP contribution in [0.15, 0.2) is 0 Å². The quantitative estimate of drug-likeness (QED) is 0.669. The van der Waals surface area contributed by atoms with Crippen molar-refractivity contribution in [3.63, 3.8) is 0 Å². The average Bonchev–Trinajstić information content (AvgIpc) is 2.14. The second kappa shape index (κ2) is 5.36. The van der Waals surface area contributed by atoms with Crippen LogP contribution in [0.3, 0.4) is 0 Å². The Balaban J connectivity index is 4.31. The van der Waals surface area contributed by atoms with E-state index in [2.05, 4.69) is 0 Å². The highest BCUT2D eigenvalue weighted by atomic mass is 35.5. The molecular weight excluding hydrogens is 220 g/mol. The van der Waals surface area contributed by atoms with Crippen molar-refractivity contribution in [2.45, 2.75) is 45.8 Å². The first-order valence-corrected chi connectivity index (χ1v) is 7.30. The van der Waals surface area contributed by atoms with Gasteiger partial charge in [-0.25, -0.2) is 8.42 Å². The van der Waals surface area contributed by atoms with E-state index in [-0.39, 0.29) is 16.4 Å². The van der Waals surface area contributed by atoms with E-state index in [1.807, 2.05) is 13.8 Å². The summed E-state index contributed by atoms with van der Waals surface area (Å²) < 4.78 is 23.1. The van der Waals surface area contributed by atoms with Crippen molar-refractivity contribution < 1.29 is 8.42 Å². The summed E-state index contributed by atoms with van der Waals surface area (Å²) in [6.07, 6.45) is 1.58. The van der Waals surface area contributed by atoms with Crippen LogP contribution >= 0.6 is 11.6 Å². The molecule has 0 heterocycles. The van der Waals surface area contributed by atoms with Crippen LogP contribution < -0.4 is 0 Å². The van der Waals surface area contributed by atoms with E-state index in [0.717, 1.165) is 6.42 Å². The Kier molecular flexibility index (Phi) is 5.45. The number of halogens is 1. The fourth-order valence-electron chi connectivity index (χ4n) is 0.962. The molecular formula is C10H21ClO2S. The summed E-state index contributed by atoms with van der Waals surface area (Å²) in [5.74, 6) is 0.777. The van der Waals surface area contributed by atoms with Crippen molar-refractivity contribution in [3.8, 4) is 0 Å². The van der Waals surface area contributed by atoms with Crippen LogP contribution in [-0.4, -0.2) is 25.3 Å². The molecule has 2 nitrogen and oxygen atoms in total. The maximum Gasteiger partial charge on any atom is 0.152 e. The van der Waals surface area contributed by atoms with Crippen LogP contribution in [0.4, 0.5) is 0 Å². The fraction of sp³-hybridized carbons (Fsp3) is 1.00. The molecule has 0 saturated heterocycles. The summed E-state index contributed by atoms with van der Waals surface area (Å²) in [5.41, 5.74) is -0.0382. The number of rotatable bonds is 6. The van der Waals surface area contributed by atoms with Gasteiger partial charge in [0.05, 0.1) is 11.0 Å². The lowest BCUT2D eigenvalue weighted by Gasteiger charge is -2.25. The van der Waals surface area contributed by atoms with Gasteiger partial charge in [0.1, 0.15) is 0 Å². The molecule has 0 aromatic heterocycles. The Bertz CT molecular complexity index is 253. The third-order valence-electron chi connectivity index (χ3n) is 2.88. The molecule has 0 aromatic carbocycles. The third-order valence-corrected chi connectivity index (χ3v) is 5.74. The minimum Gasteiger partial charge on any atom is -0.229 e. The van der Waals surface area contributed by atoms with Crippen molar-refractivity contribution in [1.29, 1.82) is 0 Å². The highest BCUT2D eigenvalue weighted by Gasteiger charge is 2.25. The molecule has 0 aromatic rings. The maximum absolute atomic E-state index is 11.6. The maximum atomic E-state index is 11.6. The Morgan fingerprint density at radius 1 is 1.36 bits per heavy atom. The van der Waals surface area contributed by atoms with E-state index in [1.54, 1.807) is 13.8 Å². The van der Waals surface area contributed by atoms with Crippen LogP contribution in [0.5, 0.6) is 0 Å². The first-order valence-electron chi connectivity index (χ1n) is 5.05. The van der Waals surface area contributed by atoms with Crippen molar-refractivity contribution in [1.82, 2.24) is 0 Å². The first kappa shape index (κ1) is 14.2. The largest absolute Gasteiger partial charge is 0.229 e. The highest BCUT2D eigenvalue weighted by molar-refractivity contribution is 7.91. The molecule has 1 atom stereocenters. The monoisotopic (exact) mass is 240 g/mol. The molecule has 0 bridgehead atoms. The van der Waals surface area contributed by atoms with Crippen LogP contribution in [0, 0.1) is 5.41 Å². The molecule has 0 amide bonds. The van der Waals surface area contributed by atoms with E-state index in [1.165, 1.54) is 0 Å². The summed E-state index contributed by atoms with van der Waals surface area (Å²) in [6.45, 7) is 7.53. The van der Waals surface area contributed by atoms with E-state index < -0.39 is 9.84 Å². The minimum absolute atomic E-state index is 0.0382. The van der Waals surface area contributed by atoms with Crippen LogP contribution in [-0.2, 0) is 9.84 Å². The molecule has 0 rings (SSSR count). The van der Waals surface area contributed by atoms with Gasteiger partial charge in [0.2, 0.25) is 0 Å². The van der Waals surface area contributed by atoms with Gasteiger partial charge in [0.15, 0.2) is 9.84 Å². The summed E-state index contributed by atoms with van der Waals surface area (Å²) in [4.78, 5) is 0. The van der Waals surface area contributed by atoms with Gasteiger partial charge < -0.3 is 0 Å². The van der Waals surface area contributed by atoms with Crippen LogP contribution in [0.25, 0.3) is 0 Å². The minimum atomic E-state index is -2.91. The second-order valence-electron chi connectivity index (χ2n) is 4.46. The summed E-state index contributed by atoms with van der Waals surface area (Å²) in [7, 11) is -2.91. The average molecular weight is 241 g/mol. The van der Waals surface area contributed by atoms with E-state index in [0.29, 0.717) is 12.3 Å². The van der Waals surface area contributed by atoms with Gasteiger partial charge in [-0.3, -0.25) is 0 Å². The summed E-state index contributed by atoms with van der Waals surface area (Å²) in [6, 6.07) is 0. The highest BCUT2D eigenvalue weighted by Crippen LogP contribution is 2.28. The first-order chi connectivity index (χ1) is 6.27. The van der Waals surface area contributed by atoms with E-state index in [4.69, 9.17) is 11.6 Å². The van der Waals surface area contributed by atoms with Gasteiger partial charge in [-0.15, -0.1) is 11.6 Å². The predicted molar refractivity (Wildman–Crippen MR) is 62.7 cm³/mol. The molecule has 0 radical (unpaired) electrons. The SMILES string of the molecule is CCC(C)(CCl)CCS(=O)(=O)C(C)C. The topological polar surface area (TPSA) is 34.1 Å². The normalized spacial score (nSPS) is 17.0. The van der Waals surface area contributed by atoms with Gasteiger partial charge in [0.25, 0.3) is 0 Å². The molecule has 4 heteroatoms. The van der Waals surface area contributed by atoms with Gasteiger partial charge in [0, 0.05) is 5.88 Å². The number of sulfone groups is 1. The summed E-state index contributed by atoms with van der Waals surface area (Å²) >= 11 is 5.82. The standard InChI is InChI=1S/C10H21ClO2S/c1-5-10(4,8-11)6-7-14(12,13)9(2)3/h9H,5-8H2,1-4H3. The third kappa shape index (κ3) is 4.18. The predicted octanol–water partition coefficient (Wildman–Crippen LogP) is 2.85. The number of hydrogen-bond donors (Lipinski definition) is 0. The Labute approximate surface area is 93.0 Å². The fourth-order valence-corrected chi connectivity index (χ4v) is 2.53. The van der Waals surface area contributed by atoms with Crippen LogP contribution in [0.1, 0.15) is 40.5 Å². The second-order valence-corrected chi connectivity index (χ2v) is 7.41. The van der Waals surface area contributed by atoms with E-state index in [9.17, 15) is 8.42 Å². The Morgan fingerprint density at radius 3 is 2.14 bits per heavy atom. The molecule has 1 unspecified atom stereocenters. The van der Waals surface area contributed by atoms with Crippen molar-refractivity contribution in [2.75, 3.05) is 11.6 Å². The zero-order valence-electron chi connectivity index (χ0n) is 9.51. The molecule has 0 spiro atoms. The van der Waals surface area contributed by atoms with Crippen molar-refractivity contribution >= 4 is 21.4 Å². The lowest BCUT2D eigenvalue weighted by molar-refractivity contribution is 0.344. The van der Waals surface area contributed by atoms with Gasteiger partial charge in [-0.1, -0.05) is 13.8 Å². The van der Waals surface area contributed by atoms with Gasteiger partial charge in [-0.2, -0.15) is 0 Å². The van der Waals surface area contributed by atoms with Gasteiger partial charge in [-0.05, 0) is 32.1 Å². The number of alkyl halides is 1. The molecule has 0 aliphatic carbocycles. The number of hydrogen-bond acceptors (Lipinski definition) is 2. The Morgan fingerprint density at radius 2 is 1.86 bits per heavy atom. The molecule has 0 fully saturated rings. The molecule has 0 aliphatic heterocycles. The van der Waals surface area contributed by atoms with Crippen molar-refractivity contribution in [2.24, 2.45) is 5.41 Å². The molecule has 86 valence electrons. The van der Waals surface area contributed by atoms with E-state index >= 15 is 0 Å². The zero-order chi connectivity index (χ0) is 11.4. The Hall–Kier alpha value is 0.240. The van der Waals surface area contributed by atoms with Crippen LogP contribution in [0.2, 0.25) is 0 Å². The smallest absolute Gasteiger partial charge is 0.152 e. The van der Waals surface area contributed by atoms with Gasteiger partial charge >= 0.3 is 0 Å². The molecule has 14 heavy (non-hydrogen) atoms.